The van der Waals surface area contributed by atoms with Crippen LogP contribution in [-0.4, -0.2) is 34.0 Å². The van der Waals surface area contributed by atoms with Gasteiger partial charge in [-0.1, -0.05) is 17.7 Å². The normalized spacial score (nSPS) is 18.8. The number of rotatable bonds is 5. The van der Waals surface area contributed by atoms with Gasteiger partial charge in [0.1, 0.15) is 15.6 Å². The zero-order chi connectivity index (χ0) is 29.3. The van der Waals surface area contributed by atoms with Crippen LogP contribution in [0.4, 0.5) is 8.78 Å². The van der Waals surface area contributed by atoms with Gasteiger partial charge in [-0.25, -0.2) is 17.2 Å². The highest BCUT2D eigenvalue weighted by Gasteiger charge is 2.42. The number of hydrogen-bond donors (Lipinski definition) is 0. The molecule has 0 radical (unpaired) electrons. The van der Waals surface area contributed by atoms with Crippen molar-refractivity contribution in [2.75, 3.05) is 6.26 Å². The van der Waals surface area contributed by atoms with Crippen molar-refractivity contribution in [1.29, 1.82) is 0 Å². The summed E-state index contributed by atoms with van der Waals surface area (Å²) in [6.45, 7) is 0.735. The van der Waals surface area contributed by atoms with Crippen LogP contribution in [0, 0.1) is 25.5 Å². The third-order valence-electron chi connectivity index (χ3n) is 6.60. The van der Waals surface area contributed by atoms with E-state index in [1.807, 2.05) is 0 Å². The molecule has 1 aliphatic carbocycles. The number of halogens is 3. The summed E-state index contributed by atoms with van der Waals surface area (Å²) in [5, 5.41) is 3.79. The van der Waals surface area contributed by atoms with E-state index in [9.17, 15) is 13.2 Å². The Balaban J connectivity index is 1.58. The number of pyridine rings is 2. The predicted molar refractivity (Wildman–Crippen MR) is 136 cm³/mol. The Labute approximate surface area is 221 Å². The summed E-state index contributed by atoms with van der Waals surface area (Å²) in [6, 6.07) is 5.24. The number of aromatic nitrogens is 4. The molecular weight excluding hydrogens is 522 g/mol. The Morgan fingerprint density at radius 2 is 1.92 bits per heavy atom. The van der Waals surface area contributed by atoms with E-state index in [-0.39, 0.29) is 33.7 Å². The first-order valence-corrected chi connectivity index (χ1v) is 13.5. The van der Waals surface area contributed by atoms with Crippen molar-refractivity contribution < 1.29 is 21.3 Å². The summed E-state index contributed by atoms with van der Waals surface area (Å²) in [5.41, 5.74) is 0.192. The van der Waals surface area contributed by atoms with Crippen LogP contribution in [0.25, 0.3) is 16.9 Å². The second-order valence-corrected chi connectivity index (χ2v) is 11.6. The highest BCUT2D eigenvalue weighted by atomic mass is 35.5. The standard InChI is InChI=1S/C26H23ClF2N4O3S/c1-13-10-30-24(16-6-5-7-20(22(16)28)37(4,35)36)23(29)25(13)33-14(2)8-19(21(27)26(33)34)18-9-17(18)15-11-31-32(3)12-15/h5-8,10-12,17-18H,9H2,1-4H3/t17-,18+/m1/s1/i3D3. The number of sulfone groups is 1. The number of aryl methyl sites for hydroxylation is 3. The summed E-state index contributed by atoms with van der Waals surface area (Å²) in [4.78, 5) is 16.9. The first-order valence-electron chi connectivity index (χ1n) is 12.7. The van der Waals surface area contributed by atoms with Crippen LogP contribution in [0.5, 0.6) is 0 Å². The molecule has 0 amide bonds. The van der Waals surface area contributed by atoms with Gasteiger partial charge in [-0.15, -0.1) is 0 Å². The molecule has 2 atom stereocenters. The third kappa shape index (κ3) is 4.27. The van der Waals surface area contributed by atoms with E-state index in [0.717, 1.165) is 21.6 Å². The smallest absolute Gasteiger partial charge is 0.274 e. The predicted octanol–water partition coefficient (Wildman–Crippen LogP) is 4.86. The molecule has 0 unspecified atom stereocenters. The first-order chi connectivity index (χ1) is 18.6. The number of hydrogen-bond acceptors (Lipinski definition) is 5. The minimum absolute atomic E-state index is 0.0839. The van der Waals surface area contributed by atoms with Crippen molar-refractivity contribution in [3.63, 3.8) is 0 Å². The number of benzene rings is 1. The van der Waals surface area contributed by atoms with Crippen LogP contribution in [0.15, 0.2) is 52.5 Å². The SMILES string of the molecule is [2H]C([2H])([2H])n1cc([C@H]2C[C@@H]2c2cc(C)n(-c3c(C)cnc(-c4cccc(S(C)(=O)=O)c4F)c3F)c(=O)c2Cl)cn1. The van der Waals surface area contributed by atoms with Crippen molar-refractivity contribution in [3.05, 3.63) is 92.3 Å². The topological polar surface area (TPSA) is 86.9 Å². The van der Waals surface area contributed by atoms with E-state index >= 15 is 8.78 Å². The molecule has 0 bridgehead atoms. The van der Waals surface area contributed by atoms with Gasteiger partial charge in [0.25, 0.3) is 5.56 Å². The maximum Gasteiger partial charge on any atom is 0.274 e. The molecule has 7 nitrogen and oxygen atoms in total. The fourth-order valence-corrected chi connectivity index (χ4v) is 5.77. The molecule has 1 aromatic carbocycles. The van der Waals surface area contributed by atoms with Gasteiger partial charge in [0.05, 0.1) is 11.9 Å². The fourth-order valence-electron chi connectivity index (χ4n) is 4.72. The van der Waals surface area contributed by atoms with Gasteiger partial charge in [-0.05, 0) is 67.0 Å². The molecule has 192 valence electrons. The third-order valence-corrected chi connectivity index (χ3v) is 8.09. The average molecular weight is 548 g/mol. The molecular formula is C26H23ClF2N4O3S. The maximum absolute atomic E-state index is 16.0. The highest BCUT2D eigenvalue weighted by molar-refractivity contribution is 7.90. The Kier molecular flexibility index (Phi) is 5.21. The monoisotopic (exact) mass is 547 g/mol. The number of nitrogens with zero attached hydrogens (tertiary/aromatic N) is 4. The molecule has 11 heteroatoms. The zero-order valence-corrected chi connectivity index (χ0v) is 21.5. The Hall–Kier alpha value is -3.37. The lowest BCUT2D eigenvalue weighted by Crippen LogP contribution is -2.24. The van der Waals surface area contributed by atoms with E-state index in [4.69, 9.17) is 15.7 Å². The molecule has 1 aliphatic rings. The maximum atomic E-state index is 16.0. The van der Waals surface area contributed by atoms with Crippen LogP contribution in [-0.2, 0) is 16.8 Å². The van der Waals surface area contributed by atoms with Crippen LogP contribution in [0.2, 0.25) is 5.02 Å². The first kappa shape index (κ1) is 21.7. The molecule has 0 spiro atoms. The Bertz CT molecular complexity index is 1860. The second kappa shape index (κ2) is 8.88. The van der Waals surface area contributed by atoms with E-state index < -0.39 is 44.6 Å². The van der Waals surface area contributed by atoms with Gasteiger partial charge in [-0.3, -0.25) is 19.0 Å². The Morgan fingerprint density at radius 3 is 2.59 bits per heavy atom. The summed E-state index contributed by atoms with van der Waals surface area (Å²) in [6.07, 6.45) is 5.67. The minimum atomic E-state index is -3.94. The lowest BCUT2D eigenvalue weighted by atomic mass is 10.0. The van der Waals surface area contributed by atoms with Crippen molar-refractivity contribution >= 4 is 21.4 Å². The fraction of sp³-hybridized carbons (Fsp3) is 0.269. The van der Waals surface area contributed by atoms with Gasteiger partial charge in [0.15, 0.2) is 21.5 Å². The quantitative estimate of drug-likeness (QED) is 0.356. The van der Waals surface area contributed by atoms with Crippen molar-refractivity contribution in [2.45, 2.75) is 37.0 Å². The van der Waals surface area contributed by atoms with Gasteiger partial charge < -0.3 is 0 Å². The van der Waals surface area contributed by atoms with E-state index in [1.54, 1.807) is 13.0 Å². The molecule has 3 heterocycles. The lowest BCUT2D eigenvalue weighted by molar-refractivity contribution is 0.569. The van der Waals surface area contributed by atoms with Gasteiger partial charge >= 0.3 is 0 Å². The molecule has 4 aromatic rings. The van der Waals surface area contributed by atoms with Crippen molar-refractivity contribution in [1.82, 2.24) is 19.3 Å². The molecule has 0 saturated heterocycles. The average Bonchev–Trinajstić information content (AvgIpc) is 3.47. The summed E-state index contributed by atoms with van der Waals surface area (Å²) >= 11 is 6.53. The van der Waals surface area contributed by atoms with Crippen molar-refractivity contribution in [2.24, 2.45) is 6.98 Å². The van der Waals surface area contributed by atoms with E-state index in [2.05, 4.69) is 10.1 Å². The summed E-state index contributed by atoms with van der Waals surface area (Å²) in [5.74, 6) is -2.40. The van der Waals surface area contributed by atoms with Gasteiger partial charge in [-0.2, -0.15) is 5.10 Å². The van der Waals surface area contributed by atoms with Crippen LogP contribution in [0.1, 0.15) is 44.8 Å². The zero-order valence-electron chi connectivity index (χ0n) is 23.0. The van der Waals surface area contributed by atoms with Crippen LogP contribution in [0.3, 0.4) is 0 Å². The molecule has 5 rings (SSSR count). The van der Waals surface area contributed by atoms with Gasteiger partial charge in [0, 0.05) is 41.0 Å². The molecule has 1 saturated carbocycles. The molecule has 0 aliphatic heterocycles. The second-order valence-electron chi connectivity index (χ2n) is 9.20. The highest BCUT2D eigenvalue weighted by Crippen LogP contribution is 2.55. The summed E-state index contributed by atoms with van der Waals surface area (Å²) < 4.78 is 79.7. The Morgan fingerprint density at radius 1 is 1.16 bits per heavy atom. The molecule has 37 heavy (non-hydrogen) atoms. The molecule has 1 fully saturated rings. The summed E-state index contributed by atoms with van der Waals surface area (Å²) in [7, 11) is -3.94. The molecule has 0 N–H and O–H groups in total. The van der Waals surface area contributed by atoms with Crippen LogP contribution < -0.4 is 5.56 Å². The van der Waals surface area contributed by atoms with Crippen LogP contribution >= 0.6 is 11.6 Å². The molecule has 3 aromatic heterocycles. The van der Waals surface area contributed by atoms with E-state index in [0.29, 0.717) is 23.2 Å². The minimum Gasteiger partial charge on any atom is -0.277 e. The van der Waals surface area contributed by atoms with Crippen molar-refractivity contribution in [3.8, 4) is 16.9 Å². The van der Waals surface area contributed by atoms with E-state index in [1.165, 1.54) is 37.6 Å². The van der Waals surface area contributed by atoms with Gasteiger partial charge in [0.2, 0.25) is 0 Å². The lowest BCUT2D eigenvalue weighted by Gasteiger charge is -2.18. The largest absolute Gasteiger partial charge is 0.277 e.